The van der Waals surface area contributed by atoms with Gasteiger partial charge in [0.05, 0.1) is 11.1 Å². The van der Waals surface area contributed by atoms with Crippen molar-refractivity contribution >= 4 is 29.5 Å². The van der Waals surface area contributed by atoms with Crippen LogP contribution in [0, 0.1) is 0 Å². The summed E-state index contributed by atoms with van der Waals surface area (Å²) in [6.07, 6.45) is 3.20. The molecule has 0 spiro atoms. The largest absolute Gasteiger partial charge is 0.354 e. The van der Waals surface area contributed by atoms with Crippen LogP contribution in [-0.4, -0.2) is 47.2 Å². The van der Waals surface area contributed by atoms with Crippen molar-refractivity contribution in [3.63, 3.8) is 0 Å². The maximum Gasteiger partial charge on any atom is 0.262 e. The number of thioether (sulfide) groups is 1. The minimum atomic E-state index is -0.744. The van der Waals surface area contributed by atoms with Crippen molar-refractivity contribution in [3.05, 3.63) is 35.4 Å². The maximum absolute atomic E-state index is 12.5. The SMILES string of the molecule is CCCNC(=O)C(CCSC)N1C(=O)c2ccccc2C1=O. The highest BCUT2D eigenvalue weighted by Crippen LogP contribution is 2.26. The fourth-order valence-electron chi connectivity index (χ4n) is 2.46. The Hall–Kier alpha value is -1.82. The van der Waals surface area contributed by atoms with Crippen LogP contribution in [0.1, 0.15) is 40.5 Å². The van der Waals surface area contributed by atoms with E-state index in [4.69, 9.17) is 0 Å². The fourth-order valence-corrected chi connectivity index (χ4v) is 2.92. The van der Waals surface area contributed by atoms with Crippen molar-refractivity contribution in [1.29, 1.82) is 0 Å². The number of nitrogens with one attached hydrogen (secondary N) is 1. The molecule has 0 aliphatic carbocycles. The Balaban J connectivity index is 2.26. The topological polar surface area (TPSA) is 66.5 Å². The Kier molecular flexibility index (Phi) is 5.60. The van der Waals surface area contributed by atoms with Crippen LogP contribution in [-0.2, 0) is 4.79 Å². The van der Waals surface area contributed by atoms with E-state index in [9.17, 15) is 14.4 Å². The Morgan fingerprint density at radius 3 is 2.32 bits per heavy atom. The van der Waals surface area contributed by atoms with E-state index in [-0.39, 0.29) is 17.7 Å². The average molecular weight is 320 g/mol. The maximum atomic E-state index is 12.5. The number of carbonyl (C=O) groups is 3. The van der Waals surface area contributed by atoms with Crippen molar-refractivity contribution in [2.75, 3.05) is 18.6 Å². The van der Waals surface area contributed by atoms with E-state index >= 15 is 0 Å². The van der Waals surface area contributed by atoms with Crippen LogP contribution in [0.2, 0.25) is 0 Å². The number of nitrogens with zero attached hydrogens (tertiary/aromatic N) is 1. The van der Waals surface area contributed by atoms with Crippen LogP contribution >= 0.6 is 11.8 Å². The first-order chi connectivity index (χ1) is 10.6. The van der Waals surface area contributed by atoms with Gasteiger partial charge in [0.2, 0.25) is 5.91 Å². The molecule has 118 valence electrons. The smallest absolute Gasteiger partial charge is 0.262 e. The van der Waals surface area contributed by atoms with E-state index in [0.717, 1.165) is 11.3 Å². The lowest BCUT2D eigenvalue weighted by Crippen LogP contribution is -2.50. The van der Waals surface area contributed by atoms with Crippen LogP contribution in [0.4, 0.5) is 0 Å². The number of rotatable bonds is 7. The summed E-state index contributed by atoms with van der Waals surface area (Å²) in [4.78, 5) is 38.5. The molecule has 22 heavy (non-hydrogen) atoms. The summed E-state index contributed by atoms with van der Waals surface area (Å²) in [7, 11) is 0. The lowest BCUT2D eigenvalue weighted by molar-refractivity contribution is -0.125. The van der Waals surface area contributed by atoms with Crippen molar-refractivity contribution in [1.82, 2.24) is 10.2 Å². The van der Waals surface area contributed by atoms with Crippen molar-refractivity contribution in [2.24, 2.45) is 0 Å². The second-order valence-corrected chi connectivity index (χ2v) is 6.10. The van der Waals surface area contributed by atoms with Crippen LogP contribution in [0.5, 0.6) is 0 Å². The van der Waals surface area contributed by atoms with E-state index in [1.165, 1.54) is 0 Å². The van der Waals surface area contributed by atoms with E-state index in [1.54, 1.807) is 36.0 Å². The third-order valence-corrected chi connectivity index (χ3v) is 4.23. The molecule has 1 heterocycles. The van der Waals surface area contributed by atoms with E-state index < -0.39 is 6.04 Å². The van der Waals surface area contributed by atoms with Gasteiger partial charge in [0.25, 0.3) is 11.8 Å². The van der Waals surface area contributed by atoms with Gasteiger partial charge in [-0.1, -0.05) is 19.1 Å². The van der Waals surface area contributed by atoms with Crippen LogP contribution in [0.15, 0.2) is 24.3 Å². The molecule has 0 radical (unpaired) electrons. The van der Waals surface area contributed by atoms with Gasteiger partial charge in [0.1, 0.15) is 6.04 Å². The zero-order valence-corrected chi connectivity index (χ0v) is 13.6. The van der Waals surface area contributed by atoms with Crippen molar-refractivity contribution < 1.29 is 14.4 Å². The number of benzene rings is 1. The molecule has 1 aliphatic rings. The van der Waals surface area contributed by atoms with Gasteiger partial charge in [-0.05, 0) is 37.0 Å². The molecule has 1 atom stereocenters. The highest BCUT2D eigenvalue weighted by Gasteiger charge is 2.42. The predicted octanol–water partition coefficient (Wildman–Crippen LogP) is 1.93. The molecule has 1 unspecified atom stereocenters. The summed E-state index contributed by atoms with van der Waals surface area (Å²) in [5.41, 5.74) is 0.759. The standard InChI is InChI=1S/C16H20N2O3S/c1-3-9-17-14(19)13(8-10-22-2)18-15(20)11-6-4-5-7-12(11)16(18)21/h4-7,13H,3,8-10H2,1-2H3,(H,17,19). The number of imide groups is 1. The minimum absolute atomic E-state index is 0.259. The highest BCUT2D eigenvalue weighted by atomic mass is 32.2. The molecule has 1 N–H and O–H groups in total. The van der Waals surface area contributed by atoms with E-state index in [0.29, 0.717) is 29.8 Å². The Bertz CT molecular complexity index is 554. The molecule has 6 heteroatoms. The lowest BCUT2D eigenvalue weighted by atomic mass is 10.1. The molecule has 3 amide bonds. The molecule has 1 aromatic carbocycles. The Labute approximate surface area is 134 Å². The van der Waals surface area contributed by atoms with E-state index in [2.05, 4.69) is 5.32 Å². The molecular formula is C16H20N2O3S. The quantitative estimate of drug-likeness (QED) is 0.780. The summed E-state index contributed by atoms with van der Waals surface area (Å²) in [5.74, 6) is -0.306. The molecule has 0 saturated heterocycles. The average Bonchev–Trinajstić information content (AvgIpc) is 2.78. The first-order valence-corrected chi connectivity index (χ1v) is 8.74. The minimum Gasteiger partial charge on any atom is -0.354 e. The number of hydrogen-bond donors (Lipinski definition) is 1. The van der Waals surface area contributed by atoms with Gasteiger partial charge in [-0.25, -0.2) is 0 Å². The monoisotopic (exact) mass is 320 g/mol. The highest BCUT2D eigenvalue weighted by molar-refractivity contribution is 7.98. The summed E-state index contributed by atoms with van der Waals surface area (Å²) < 4.78 is 0. The molecule has 1 aromatic rings. The zero-order chi connectivity index (χ0) is 16.1. The second-order valence-electron chi connectivity index (χ2n) is 5.11. The van der Waals surface area contributed by atoms with Gasteiger partial charge in [-0.2, -0.15) is 11.8 Å². The number of fused-ring (bicyclic) bond motifs is 1. The number of hydrogen-bond acceptors (Lipinski definition) is 4. The van der Waals surface area contributed by atoms with Crippen LogP contribution < -0.4 is 5.32 Å². The van der Waals surface area contributed by atoms with Gasteiger partial charge in [-0.15, -0.1) is 0 Å². The molecular weight excluding hydrogens is 300 g/mol. The van der Waals surface area contributed by atoms with Crippen molar-refractivity contribution in [2.45, 2.75) is 25.8 Å². The predicted molar refractivity (Wildman–Crippen MR) is 87.0 cm³/mol. The second kappa shape index (κ2) is 7.45. The Morgan fingerprint density at radius 2 is 1.82 bits per heavy atom. The van der Waals surface area contributed by atoms with Crippen molar-refractivity contribution in [3.8, 4) is 0 Å². The summed E-state index contributed by atoms with van der Waals surface area (Å²) in [6, 6.07) is 5.96. The molecule has 1 aliphatic heterocycles. The summed E-state index contributed by atoms with van der Waals surface area (Å²) in [6.45, 7) is 2.50. The molecule has 0 saturated carbocycles. The lowest BCUT2D eigenvalue weighted by Gasteiger charge is -2.25. The first-order valence-electron chi connectivity index (χ1n) is 7.35. The third kappa shape index (κ3) is 3.16. The number of carbonyl (C=O) groups excluding carboxylic acids is 3. The van der Waals surface area contributed by atoms with Gasteiger partial charge >= 0.3 is 0 Å². The summed E-state index contributed by atoms with van der Waals surface area (Å²) >= 11 is 1.59. The third-order valence-electron chi connectivity index (χ3n) is 3.58. The molecule has 2 rings (SSSR count). The van der Waals surface area contributed by atoms with Crippen LogP contribution in [0.3, 0.4) is 0 Å². The zero-order valence-electron chi connectivity index (χ0n) is 12.8. The normalized spacial score (nSPS) is 14.9. The van der Waals surface area contributed by atoms with Gasteiger partial charge < -0.3 is 5.32 Å². The molecule has 5 nitrogen and oxygen atoms in total. The fraction of sp³-hybridized carbons (Fsp3) is 0.438. The van der Waals surface area contributed by atoms with E-state index in [1.807, 2.05) is 13.2 Å². The van der Waals surface area contributed by atoms with Gasteiger partial charge in [0, 0.05) is 6.54 Å². The summed E-state index contributed by atoms with van der Waals surface area (Å²) in [5, 5.41) is 2.79. The molecule has 0 fully saturated rings. The number of amides is 3. The first kappa shape index (κ1) is 16.5. The van der Waals surface area contributed by atoms with Crippen LogP contribution in [0.25, 0.3) is 0 Å². The Morgan fingerprint density at radius 1 is 1.23 bits per heavy atom. The molecule has 0 aromatic heterocycles. The van der Waals surface area contributed by atoms with Gasteiger partial charge in [-0.3, -0.25) is 19.3 Å². The molecule has 0 bridgehead atoms. The van der Waals surface area contributed by atoms with Gasteiger partial charge in [0.15, 0.2) is 0 Å².